The summed E-state index contributed by atoms with van der Waals surface area (Å²) in [4.78, 5) is 12.2. The van der Waals surface area contributed by atoms with Gasteiger partial charge in [-0.05, 0) is 30.3 Å². The average molecular weight is 380 g/mol. The lowest BCUT2D eigenvalue weighted by Crippen LogP contribution is -2.19. The van der Waals surface area contributed by atoms with Gasteiger partial charge in [0.2, 0.25) is 5.91 Å². The molecular formula is C16H16N2O5S2. The lowest BCUT2D eigenvalue weighted by Gasteiger charge is -2.18. The maximum atomic E-state index is 12.7. The summed E-state index contributed by atoms with van der Waals surface area (Å²) in [5, 5.41) is 2.71. The third-order valence-electron chi connectivity index (χ3n) is 3.55. The number of anilines is 2. The highest BCUT2D eigenvalue weighted by atomic mass is 32.2. The first-order chi connectivity index (χ1) is 11.9. The molecule has 2 aromatic rings. The number of hydrogen-bond donors (Lipinski definition) is 2. The molecule has 0 aliphatic carbocycles. The molecule has 2 N–H and O–H groups in total. The van der Waals surface area contributed by atoms with Gasteiger partial charge in [-0.3, -0.25) is 9.52 Å². The van der Waals surface area contributed by atoms with Gasteiger partial charge >= 0.3 is 0 Å². The number of benzene rings is 2. The average Bonchev–Trinajstić information content (AvgIpc) is 2.61. The van der Waals surface area contributed by atoms with E-state index in [1.165, 1.54) is 38.1 Å². The van der Waals surface area contributed by atoms with Gasteiger partial charge in [0.15, 0.2) is 0 Å². The fraction of sp³-hybridized carbons (Fsp3) is 0.188. The zero-order chi connectivity index (χ0) is 18.0. The first-order valence-corrected chi connectivity index (χ1v) is 9.71. The van der Waals surface area contributed by atoms with Crippen molar-refractivity contribution < 1.29 is 22.7 Å². The van der Waals surface area contributed by atoms with E-state index in [1.54, 1.807) is 24.3 Å². The van der Waals surface area contributed by atoms with Crippen molar-refractivity contribution in [1.29, 1.82) is 0 Å². The summed E-state index contributed by atoms with van der Waals surface area (Å²) in [7, 11) is -0.844. The monoisotopic (exact) mass is 380 g/mol. The van der Waals surface area contributed by atoms with Gasteiger partial charge in [0.1, 0.15) is 11.5 Å². The van der Waals surface area contributed by atoms with Crippen LogP contribution in [-0.2, 0) is 14.8 Å². The molecule has 1 heterocycles. The number of carbonyl (C=O) groups excluding carboxylic acids is 1. The van der Waals surface area contributed by atoms with Gasteiger partial charge in [0.25, 0.3) is 10.0 Å². The third kappa shape index (κ3) is 3.67. The fourth-order valence-corrected chi connectivity index (χ4v) is 4.32. The number of ether oxygens (including phenoxy) is 2. The van der Waals surface area contributed by atoms with Crippen molar-refractivity contribution in [3.63, 3.8) is 0 Å². The Bertz CT molecular complexity index is 928. The van der Waals surface area contributed by atoms with E-state index in [1.807, 2.05) is 0 Å². The highest BCUT2D eigenvalue weighted by Gasteiger charge is 2.21. The van der Waals surface area contributed by atoms with Gasteiger partial charge in [0, 0.05) is 11.0 Å². The summed E-state index contributed by atoms with van der Waals surface area (Å²) < 4.78 is 38.2. The second-order valence-electron chi connectivity index (χ2n) is 5.17. The molecule has 9 heteroatoms. The molecule has 0 unspecified atom stereocenters. The van der Waals surface area contributed by atoms with E-state index < -0.39 is 10.0 Å². The SMILES string of the molecule is COc1ccc(NS(=O)(=O)c2ccc3c(c2)SCC(=O)N3)c(OC)c1. The zero-order valence-corrected chi connectivity index (χ0v) is 15.2. The molecule has 0 bridgehead atoms. The van der Waals surface area contributed by atoms with Crippen molar-refractivity contribution in [1.82, 2.24) is 0 Å². The molecule has 0 fully saturated rings. The molecule has 0 atom stereocenters. The van der Waals surface area contributed by atoms with Crippen molar-refractivity contribution in [3.05, 3.63) is 36.4 Å². The molecule has 0 radical (unpaired) electrons. The van der Waals surface area contributed by atoms with Crippen LogP contribution in [0.15, 0.2) is 46.2 Å². The van der Waals surface area contributed by atoms with Crippen LogP contribution in [0.5, 0.6) is 11.5 Å². The Kier molecular flexibility index (Phi) is 4.78. The molecule has 0 saturated carbocycles. The minimum Gasteiger partial charge on any atom is -0.497 e. The first kappa shape index (κ1) is 17.4. The smallest absolute Gasteiger partial charge is 0.262 e. The second-order valence-corrected chi connectivity index (χ2v) is 7.87. The van der Waals surface area contributed by atoms with Gasteiger partial charge in [0.05, 0.1) is 36.2 Å². The first-order valence-electron chi connectivity index (χ1n) is 7.24. The third-order valence-corrected chi connectivity index (χ3v) is 5.97. The number of hydrogen-bond acceptors (Lipinski definition) is 6. The lowest BCUT2D eigenvalue weighted by atomic mass is 10.3. The number of thioether (sulfide) groups is 1. The van der Waals surface area contributed by atoms with E-state index in [9.17, 15) is 13.2 Å². The predicted molar refractivity (Wildman–Crippen MR) is 96.2 cm³/mol. The van der Waals surface area contributed by atoms with E-state index in [-0.39, 0.29) is 16.6 Å². The van der Waals surface area contributed by atoms with E-state index in [0.717, 1.165) is 0 Å². The van der Waals surface area contributed by atoms with Gasteiger partial charge in [-0.25, -0.2) is 8.42 Å². The van der Waals surface area contributed by atoms with Gasteiger partial charge in [-0.15, -0.1) is 11.8 Å². The van der Waals surface area contributed by atoms with Gasteiger partial charge < -0.3 is 14.8 Å². The van der Waals surface area contributed by atoms with Crippen LogP contribution in [0, 0.1) is 0 Å². The second kappa shape index (κ2) is 6.85. The van der Waals surface area contributed by atoms with Crippen LogP contribution in [0.4, 0.5) is 11.4 Å². The molecule has 3 rings (SSSR count). The van der Waals surface area contributed by atoms with Crippen LogP contribution in [0.2, 0.25) is 0 Å². The molecule has 0 spiro atoms. The number of carbonyl (C=O) groups is 1. The molecule has 25 heavy (non-hydrogen) atoms. The van der Waals surface area contributed by atoms with Crippen molar-refractivity contribution in [2.24, 2.45) is 0 Å². The minimum absolute atomic E-state index is 0.103. The largest absolute Gasteiger partial charge is 0.497 e. The summed E-state index contributed by atoms with van der Waals surface area (Å²) in [5.41, 5.74) is 0.921. The van der Waals surface area contributed by atoms with Crippen molar-refractivity contribution in [3.8, 4) is 11.5 Å². The summed E-state index contributed by atoms with van der Waals surface area (Å²) in [6.07, 6.45) is 0. The maximum Gasteiger partial charge on any atom is 0.262 e. The normalized spacial score (nSPS) is 13.6. The summed E-state index contributed by atoms with van der Waals surface area (Å²) in [5.74, 6) is 1.06. The van der Waals surface area contributed by atoms with Crippen molar-refractivity contribution >= 4 is 39.1 Å². The minimum atomic E-state index is -3.81. The van der Waals surface area contributed by atoms with Crippen LogP contribution in [0.3, 0.4) is 0 Å². The Morgan fingerprint density at radius 3 is 2.64 bits per heavy atom. The van der Waals surface area contributed by atoms with E-state index in [0.29, 0.717) is 27.8 Å². The predicted octanol–water partition coefficient (Wildman–Crippen LogP) is 2.55. The van der Waals surface area contributed by atoms with Crippen LogP contribution >= 0.6 is 11.8 Å². The van der Waals surface area contributed by atoms with Crippen LogP contribution in [0.25, 0.3) is 0 Å². The number of amides is 1. The van der Waals surface area contributed by atoms with E-state index in [4.69, 9.17) is 9.47 Å². The summed E-state index contributed by atoms with van der Waals surface area (Å²) in [6.45, 7) is 0. The topological polar surface area (TPSA) is 93.7 Å². The molecule has 2 aromatic carbocycles. The summed E-state index contributed by atoms with van der Waals surface area (Å²) >= 11 is 1.30. The maximum absolute atomic E-state index is 12.7. The summed E-state index contributed by atoms with van der Waals surface area (Å²) in [6, 6.07) is 9.37. The van der Waals surface area contributed by atoms with Crippen LogP contribution < -0.4 is 19.5 Å². The molecule has 132 valence electrons. The molecule has 0 aromatic heterocycles. The van der Waals surface area contributed by atoms with Crippen molar-refractivity contribution in [2.75, 3.05) is 30.0 Å². The van der Waals surface area contributed by atoms with Gasteiger partial charge in [-0.2, -0.15) is 0 Å². The molecular weight excluding hydrogens is 364 g/mol. The number of fused-ring (bicyclic) bond motifs is 1. The number of sulfonamides is 1. The Hall–Kier alpha value is -2.39. The number of nitrogens with one attached hydrogen (secondary N) is 2. The standard InChI is InChI=1S/C16H16N2O5S2/c1-22-10-3-5-12(14(7-10)23-2)18-25(20,21)11-4-6-13-15(8-11)24-9-16(19)17-13/h3-8,18H,9H2,1-2H3,(H,17,19). The highest BCUT2D eigenvalue weighted by Crippen LogP contribution is 2.35. The number of rotatable bonds is 5. The number of methoxy groups -OCH3 is 2. The Balaban J connectivity index is 1.91. The molecule has 1 aliphatic rings. The zero-order valence-electron chi connectivity index (χ0n) is 13.5. The van der Waals surface area contributed by atoms with E-state index >= 15 is 0 Å². The molecule has 1 amide bonds. The fourth-order valence-electron chi connectivity index (χ4n) is 2.31. The lowest BCUT2D eigenvalue weighted by molar-refractivity contribution is -0.113. The molecule has 0 saturated heterocycles. The molecule has 1 aliphatic heterocycles. The Morgan fingerprint density at radius 2 is 1.92 bits per heavy atom. The Labute approximate surface area is 149 Å². The van der Waals surface area contributed by atoms with Crippen LogP contribution in [-0.4, -0.2) is 34.3 Å². The molecule has 7 nitrogen and oxygen atoms in total. The quantitative estimate of drug-likeness (QED) is 0.828. The van der Waals surface area contributed by atoms with Crippen molar-refractivity contribution in [2.45, 2.75) is 9.79 Å². The Morgan fingerprint density at radius 1 is 1.12 bits per heavy atom. The highest BCUT2D eigenvalue weighted by molar-refractivity contribution is 8.00. The van der Waals surface area contributed by atoms with Gasteiger partial charge in [-0.1, -0.05) is 0 Å². The van der Waals surface area contributed by atoms with Crippen LogP contribution in [0.1, 0.15) is 0 Å². The van der Waals surface area contributed by atoms with E-state index in [2.05, 4.69) is 10.0 Å².